The number of aryl methyl sites for hydroxylation is 1. The third kappa shape index (κ3) is 3.50. The first-order valence-corrected chi connectivity index (χ1v) is 6.77. The van der Waals surface area contributed by atoms with Crippen LogP contribution in [0.25, 0.3) is 0 Å². The second-order valence-electron chi connectivity index (χ2n) is 5.05. The summed E-state index contributed by atoms with van der Waals surface area (Å²) in [7, 11) is 0. The van der Waals surface area contributed by atoms with Gasteiger partial charge in [0.2, 0.25) is 0 Å². The molecule has 1 amide bonds. The first-order chi connectivity index (χ1) is 9.58. The summed E-state index contributed by atoms with van der Waals surface area (Å²) in [6.45, 7) is 2.92. The van der Waals surface area contributed by atoms with E-state index in [-0.39, 0.29) is 18.4 Å². The summed E-state index contributed by atoms with van der Waals surface area (Å²) >= 11 is 0. The van der Waals surface area contributed by atoms with Crippen LogP contribution in [0.1, 0.15) is 18.4 Å². The Morgan fingerprint density at radius 2 is 1.95 bits per heavy atom. The van der Waals surface area contributed by atoms with Crippen molar-refractivity contribution in [3.63, 3.8) is 0 Å². The molecule has 0 aromatic heterocycles. The fourth-order valence-electron chi connectivity index (χ4n) is 2.32. The monoisotopic (exact) mass is 277 g/mol. The van der Waals surface area contributed by atoms with Crippen molar-refractivity contribution in [2.75, 3.05) is 19.7 Å². The maximum Gasteiger partial charge on any atom is 0.306 e. The van der Waals surface area contributed by atoms with Gasteiger partial charge in [-0.05, 0) is 31.4 Å². The summed E-state index contributed by atoms with van der Waals surface area (Å²) < 4.78 is 5.52. The van der Waals surface area contributed by atoms with Gasteiger partial charge in [0.05, 0.1) is 5.92 Å². The van der Waals surface area contributed by atoms with Gasteiger partial charge in [-0.1, -0.05) is 18.2 Å². The van der Waals surface area contributed by atoms with E-state index in [1.165, 1.54) is 0 Å². The molecule has 1 aliphatic rings. The van der Waals surface area contributed by atoms with Gasteiger partial charge in [-0.25, -0.2) is 0 Å². The Bertz CT molecular complexity index is 492. The Hall–Kier alpha value is -2.04. The molecular weight excluding hydrogens is 258 g/mol. The molecule has 1 fully saturated rings. The van der Waals surface area contributed by atoms with Gasteiger partial charge >= 0.3 is 5.97 Å². The Morgan fingerprint density at radius 3 is 2.55 bits per heavy atom. The van der Waals surface area contributed by atoms with E-state index >= 15 is 0 Å². The highest BCUT2D eigenvalue weighted by atomic mass is 16.5. The highest BCUT2D eigenvalue weighted by Gasteiger charge is 2.27. The summed E-state index contributed by atoms with van der Waals surface area (Å²) in [6, 6.07) is 7.54. The Morgan fingerprint density at radius 1 is 1.30 bits per heavy atom. The predicted molar refractivity (Wildman–Crippen MR) is 73.6 cm³/mol. The second kappa shape index (κ2) is 6.41. The average Bonchev–Trinajstić information content (AvgIpc) is 2.46. The lowest BCUT2D eigenvalue weighted by molar-refractivity contribution is -0.146. The van der Waals surface area contributed by atoms with Crippen molar-refractivity contribution in [3.8, 4) is 5.75 Å². The number of piperidine rings is 1. The number of aliphatic carboxylic acids is 1. The predicted octanol–water partition coefficient (Wildman–Crippen LogP) is 1.70. The van der Waals surface area contributed by atoms with Gasteiger partial charge in [0.15, 0.2) is 6.61 Å². The van der Waals surface area contributed by atoms with Crippen molar-refractivity contribution in [1.29, 1.82) is 0 Å². The molecule has 5 heteroatoms. The number of ether oxygens (including phenoxy) is 1. The van der Waals surface area contributed by atoms with Gasteiger partial charge in [0, 0.05) is 13.1 Å². The summed E-state index contributed by atoms with van der Waals surface area (Å²) in [5.74, 6) is -0.469. The van der Waals surface area contributed by atoms with Crippen LogP contribution in [0.5, 0.6) is 5.75 Å². The third-order valence-electron chi connectivity index (χ3n) is 3.64. The van der Waals surface area contributed by atoms with E-state index in [0.29, 0.717) is 31.7 Å². The number of amides is 1. The van der Waals surface area contributed by atoms with Crippen molar-refractivity contribution in [1.82, 2.24) is 4.90 Å². The van der Waals surface area contributed by atoms with Crippen LogP contribution in [-0.4, -0.2) is 41.6 Å². The smallest absolute Gasteiger partial charge is 0.306 e. The number of likely N-dealkylation sites (tertiary alicyclic amines) is 1. The maximum absolute atomic E-state index is 12.0. The minimum atomic E-state index is -0.770. The van der Waals surface area contributed by atoms with E-state index in [2.05, 4.69) is 0 Å². The van der Waals surface area contributed by atoms with E-state index < -0.39 is 5.97 Å². The molecule has 1 N–H and O–H groups in total. The number of carboxylic acids is 1. The number of para-hydroxylation sites is 1. The van der Waals surface area contributed by atoms with E-state index in [1.54, 1.807) is 4.90 Å². The van der Waals surface area contributed by atoms with Crippen LogP contribution in [-0.2, 0) is 9.59 Å². The molecule has 0 bridgehead atoms. The first kappa shape index (κ1) is 14.4. The number of hydrogen-bond acceptors (Lipinski definition) is 3. The van der Waals surface area contributed by atoms with Crippen molar-refractivity contribution >= 4 is 11.9 Å². The molecule has 0 atom stereocenters. The molecule has 1 aromatic rings. The van der Waals surface area contributed by atoms with Crippen LogP contribution in [0, 0.1) is 12.8 Å². The average molecular weight is 277 g/mol. The van der Waals surface area contributed by atoms with Crippen LogP contribution < -0.4 is 4.74 Å². The van der Waals surface area contributed by atoms with E-state index in [0.717, 1.165) is 5.56 Å². The molecule has 108 valence electrons. The fourth-order valence-corrected chi connectivity index (χ4v) is 2.32. The van der Waals surface area contributed by atoms with Crippen LogP contribution in [0.4, 0.5) is 0 Å². The number of carboxylic acid groups (broad SMARTS) is 1. The molecule has 20 heavy (non-hydrogen) atoms. The highest BCUT2D eigenvalue weighted by Crippen LogP contribution is 2.19. The van der Waals surface area contributed by atoms with Crippen molar-refractivity contribution in [2.45, 2.75) is 19.8 Å². The Kier molecular flexibility index (Phi) is 4.61. The van der Waals surface area contributed by atoms with Crippen molar-refractivity contribution in [3.05, 3.63) is 29.8 Å². The molecule has 2 rings (SSSR count). The van der Waals surface area contributed by atoms with E-state index in [4.69, 9.17) is 9.84 Å². The molecule has 0 radical (unpaired) electrons. The second-order valence-corrected chi connectivity index (χ2v) is 5.05. The summed E-state index contributed by atoms with van der Waals surface area (Å²) in [4.78, 5) is 24.5. The number of hydrogen-bond donors (Lipinski definition) is 1. The molecule has 1 aliphatic heterocycles. The molecule has 0 spiro atoms. The van der Waals surface area contributed by atoms with Gasteiger partial charge < -0.3 is 14.7 Å². The zero-order valence-corrected chi connectivity index (χ0v) is 11.5. The lowest BCUT2D eigenvalue weighted by Gasteiger charge is -2.30. The van der Waals surface area contributed by atoms with Crippen LogP contribution in [0.2, 0.25) is 0 Å². The fraction of sp³-hybridized carbons (Fsp3) is 0.467. The topological polar surface area (TPSA) is 66.8 Å². The minimum absolute atomic E-state index is 0.00257. The first-order valence-electron chi connectivity index (χ1n) is 6.77. The summed E-state index contributed by atoms with van der Waals surface area (Å²) in [6.07, 6.45) is 1.04. The van der Waals surface area contributed by atoms with E-state index in [9.17, 15) is 9.59 Å². The van der Waals surface area contributed by atoms with Crippen molar-refractivity contribution < 1.29 is 19.4 Å². The standard InChI is InChI=1S/C15H19NO4/c1-11-4-2-3-5-13(11)20-10-14(17)16-8-6-12(7-9-16)15(18)19/h2-5,12H,6-10H2,1H3,(H,18,19). The Balaban J connectivity index is 1.82. The SMILES string of the molecule is Cc1ccccc1OCC(=O)N1CCC(C(=O)O)CC1. The summed E-state index contributed by atoms with van der Waals surface area (Å²) in [5, 5.41) is 8.92. The molecule has 0 unspecified atom stereocenters. The third-order valence-corrected chi connectivity index (χ3v) is 3.64. The molecule has 1 saturated heterocycles. The largest absolute Gasteiger partial charge is 0.484 e. The summed E-state index contributed by atoms with van der Waals surface area (Å²) in [5.41, 5.74) is 0.991. The number of carbonyl (C=O) groups excluding carboxylic acids is 1. The van der Waals surface area contributed by atoms with Crippen LogP contribution in [0.3, 0.4) is 0 Å². The zero-order chi connectivity index (χ0) is 14.5. The van der Waals surface area contributed by atoms with Gasteiger partial charge in [-0.15, -0.1) is 0 Å². The van der Waals surface area contributed by atoms with Crippen LogP contribution in [0.15, 0.2) is 24.3 Å². The lowest BCUT2D eigenvalue weighted by atomic mass is 9.97. The minimum Gasteiger partial charge on any atom is -0.484 e. The Labute approximate surface area is 118 Å². The van der Waals surface area contributed by atoms with E-state index in [1.807, 2.05) is 31.2 Å². The van der Waals surface area contributed by atoms with Crippen LogP contribution >= 0.6 is 0 Å². The number of nitrogens with zero attached hydrogens (tertiary/aromatic N) is 1. The van der Waals surface area contributed by atoms with Gasteiger partial charge in [0.1, 0.15) is 5.75 Å². The maximum atomic E-state index is 12.0. The molecule has 5 nitrogen and oxygen atoms in total. The molecule has 0 saturated carbocycles. The van der Waals surface area contributed by atoms with Gasteiger partial charge in [0.25, 0.3) is 5.91 Å². The highest BCUT2D eigenvalue weighted by molar-refractivity contribution is 5.78. The molecular formula is C15H19NO4. The quantitative estimate of drug-likeness (QED) is 0.909. The molecule has 0 aliphatic carbocycles. The zero-order valence-electron chi connectivity index (χ0n) is 11.5. The van der Waals surface area contributed by atoms with Crippen molar-refractivity contribution in [2.24, 2.45) is 5.92 Å². The number of benzene rings is 1. The van der Waals surface area contributed by atoms with Gasteiger partial charge in [-0.2, -0.15) is 0 Å². The normalized spacial score (nSPS) is 15.9. The van der Waals surface area contributed by atoms with Gasteiger partial charge in [-0.3, -0.25) is 9.59 Å². The molecule has 1 aromatic carbocycles. The lowest BCUT2D eigenvalue weighted by Crippen LogP contribution is -2.42. The number of rotatable bonds is 4. The molecule has 1 heterocycles. The number of carbonyl (C=O) groups is 2.